The van der Waals surface area contributed by atoms with Gasteiger partial charge in [-0.25, -0.2) is 8.78 Å². The minimum atomic E-state index is -3.29. The number of hydrogen-bond donors (Lipinski definition) is 3. The SMILES string of the molecule is CC1CN(CCOc2ccc(N(C=S)C(C)(C)C(=O)N(C)c3ccc(C#N)c(Cl)c3)cc2C(C)(F)F)CC(C)N1CC(=O)Nc1cccc(NC2CCC(=O)NC2=O)c1. The highest BCUT2D eigenvalue weighted by Gasteiger charge is 2.39. The Morgan fingerprint density at radius 3 is 2.36 bits per heavy atom. The largest absolute Gasteiger partial charge is 0.492 e. The molecule has 17 heteroatoms. The van der Waals surface area contributed by atoms with Crippen molar-refractivity contribution in [1.29, 1.82) is 5.26 Å². The molecule has 2 aliphatic rings. The number of alkyl halides is 2. The van der Waals surface area contributed by atoms with Crippen LogP contribution in [-0.2, 0) is 25.1 Å². The van der Waals surface area contributed by atoms with Crippen molar-refractivity contribution < 1.29 is 32.7 Å². The molecule has 3 aromatic carbocycles. The molecule has 3 unspecified atom stereocenters. The van der Waals surface area contributed by atoms with Crippen molar-refractivity contribution in [3.05, 3.63) is 76.8 Å². The zero-order chi connectivity index (χ0) is 43.2. The Balaban J connectivity index is 1.17. The molecule has 2 saturated heterocycles. The van der Waals surface area contributed by atoms with Crippen LogP contribution >= 0.6 is 23.8 Å². The number of rotatable bonds is 15. The summed E-state index contributed by atoms with van der Waals surface area (Å²) >= 11 is 11.5. The zero-order valence-corrected chi connectivity index (χ0v) is 35.4. The van der Waals surface area contributed by atoms with Crippen LogP contribution in [-0.4, -0.2) is 102 Å². The first-order valence-corrected chi connectivity index (χ1v) is 20.0. The van der Waals surface area contributed by atoms with Gasteiger partial charge in [0.1, 0.15) is 30.0 Å². The zero-order valence-electron chi connectivity index (χ0n) is 33.9. The molecule has 0 bridgehead atoms. The van der Waals surface area contributed by atoms with Crippen molar-refractivity contribution in [3.8, 4) is 11.8 Å². The molecule has 0 aromatic heterocycles. The second-order valence-electron chi connectivity index (χ2n) is 15.5. The number of carbonyl (C=O) groups excluding carboxylic acids is 4. The lowest BCUT2D eigenvalue weighted by molar-refractivity contribution is -0.133. The molecule has 0 aliphatic carbocycles. The number of nitrogens with one attached hydrogen (secondary N) is 3. The number of likely N-dealkylation sites (N-methyl/N-ethyl adjacent to an activating group) is 1. The van der Waals surface area contributed by atoms with E-state index in [1.165, 1.54) is 39.6 Å². The van der Waals surface area contributed by atoms with Gasteiger partial charge >= 0.3 is 0 Å². The molecule has 2 fully saturated rings. The van der Waals surface area contributed by atoms with Crippen LogP contribution in [0.2, 0.25) is 5.02 Å². The summed E-state index contributed by atoms with van der Waals surface area (Å²) < 4.78 is 36.3. The number of hydrogen-bond acceptors (Lipinski definition) is 10. The summed E-state index contributed by atoms with van der Waals surface area (Å²) in [5, 5.41) is 17.8. The maximum absolute atomic E-state index is 15.2. The number of amides is 4. The normalized spacial score (nSPS) is 18.9. The first-order chi connectivity index (χ1) is 27.8. The maximum atomic E-state index is 15.2. The van der Waals surface area contributed by atoms with E-state index in [4.69, 9.17) is 28.6 Å². The van der Waals surface area contributed by atoms with Crippen molar-refractivity contribution in [3.63, 3.8) is 0 Å². The number of nitriles is 1. The van der Waals surface area contributed by atoms with Gasteiger partial charge in [0, 0.05) is 74.9 Å². The van der Waals surface area contributed by atoms with Crippen LogP contribution in [0.15, 0.2) is 60.7 Å². The van der Waals surface area contributed by atoms with Gasteiger partial charge in [0.2, 0.25) is 17.7 Å². The maximum Gasteiger partial charge on any atom is 0.274 e. The lowest BCUT2D eigenvalue weighted by Gasteiger charge is -2.44. The summed E-state index contributed by atoms with van der Waals surface area (Å²) in [4.78, 5) is 57.7. The van der Waals surface area contributed by atoms with Gasteiger partial charge in [-0.2, -0.15) is 5.26 Å². The quantitative estimate of drug-likeness (QED) is 0.119. The molecule has 2 heterocycles. The minimum absolute atomic E-state index is 0.000483. The summed E-state index contributed by atoms with van der Waals surface area (Å²) in [5.41, 5.74) is 1.76. The minimum Gasteiger partial charge on any atom is -0.492 e. The number of nitrogens with zero attached hydrogens (tertiary/aromatic N) is 5. The molecule has 4 amide bonds. The van der Waals surface area contributed by atoms with Crippen molar-refractivity contribution >= 4 is 75.7 Å². The fourth-order valence-corrected chi connectivity index (χ4v) is 8.02. The second kappa shape index (κ2) is 18.8. The molecule has 3 aromatic rings. The Morgan fingerprint density at radius 2 is 1.73 bits per heavy atom. The van der Waals surface area contributed by atoms with Gasteiger partial charge in [-0.05, 0) is 88.7 Å². The Bertz CT molecular complexity index is 2120. The van der Waals surface area contributed by atoms with Crippen LogP contribution < -0.4 is 30.5 Å². The summed E-state index contributed by atoms with van der Waals surface area (Å²) in [7, 11) is 1.55. The first-order valence-electron chi connectivity index (χ1n) is 19.2. The predicted octanol–water partition coefficient (Wildman–Crippen LogP) is 6.16. The molecular weight excluding hydrogens is 802 g/mol. The number of piperazine rings is 1. The lowest BCUT2D eigenvalue weighted by atomic mass is 9.98. The van der Waals surface area contributed by atoms with Crippen molar-refractivity contribution in [2.45, 2.75) is 77.0 Å². The molecule has 0 spiro atoms. The van der Waals surface area contributed by atoms with Gasteiger partial charge in [-0.3, -0.25) is 34.3 Å². The van der Waals surface area contributed by atoms with Crippen molar-refractivity contribution in [2.24, 2.45) is 0 Å². The van der Waals surface area contributed by atoms with Gasteiger partial charge in [-0.15, -0.1) is 0 Å². The molecule has 3 N–H and O–H groups in total. The Labute approximate surface area is 353 Å². The van der Waals surface area contributed by atoms with Gasteiger partial charge in [-0.1, -0.05) is 29.9 Å². The van der Waals surface area contributed by atoms with Gasteiger partial charge in [0.05, 0.1) is 28.2 Å². The molecule has 3 atom stereocenters. The molecule has 314 valence electrons. The average molecular weight is 851 g/mol. The number of ether oxygens (including phenoxy) is 1. The number of piperidine rings is 1. The molecule has 13 nitrogen and oxygen atoms in total. The van der Waals surface area contributed by atoms with Crippen LogP contribution in [0.4, 0.5) is 31.5 Å². The van der Waals surface area contributed by atoms with Crippen LogP contribution in [0.5, 0.6) is 5.75 Å². The number of thiocarbonyl (C=S) groups is 1. The fraction of sp³-hybridized carbons (Fsp3) is 0.429. The van der Waals surface area contributed by atoms with Gasteiger partial charge < -0.3 is 25.2 Å². The van der Waals surface area contributed by atoms with E-state index in [1.807, 2.05) is 19.9 Å². The van der Waals surface area contributed by atoms with Gasteiger partial charge in [0.15, 0.2) is 0 Å². The number of imide groups is 1. The summed E-state index contributed by atoms with van der Waals surface area (Å²) in [6, 6.07) is 17.4. The monoisotopic (exact) mass is 850 g/mol. The Kier molecular flexibility index (Phi) is 14.3. The molecule has 5 rings (SSSR count). The molecular formula is C42H49ClF2N8O5S. The number of carbonyl (C=O) groups is 4. The molecule has 0 saturated carbocycles. The second-order valence-corrected chi connectivity index (χ2v) is 16.1. The molecule has 59 heavy (non-hydrogen) atoms. The van der Waals surface area contributed by atoms with E-state index in [9.17, 15) is 24.4 Å². The fourth-order valence-electron chi connectivity index (χ4n) is 7.42. The molecule has 2 aliphatic heterocycles. The topological polar surface area (TPSA) is 150 Å². The van der Waals surface area contributed by atoms with E-state index in [0.29, 0.717) is 43.1 Å². The molecule has 0 radical (unpaired) electrons. The highest BCUT2D eigenvalue weighted by atomic mass is 35.5. The number of halogens is 3. The van der Waals surface area contributed by atoms with E-state index < -0.39 is 23.4 Å². The van der Waals surface area contributed by atoms with E-state index in [1.54, 1.807) is 57.3 Å². The average Bonchev–Trinajstić information content (AvgIpc) is 3.17. The number of anilines is 4. The highest BCUT2D eigenvalue weighted by molar-refractivity contribution is 7.79. The van der Waals surface area contributed by atoms with E-state index in [2.05, 4.69) is 25.8 Å². The van der Waals surface area contributed by atoms with E-state index >= 15 is 8.78 Å². The standard InChI is InChI=1S/C42H49ClF2N8O5S/c1-26-22-51(23-27(2)52(26)24-38(55)48-30-9-7-8-29(18-30)47-35-13-15-37(54)49-39(35)56)16-17-58-36-14-12-32(19-33(36)42(5,44)45)53(25-59)41(3,4)40(57)50(6)31-11-10-28(21-46)34(43)20-31/h7-12,14,18-20,25-27,35,47H,13,15-17,22-24H2,1-6H3,(H,48,55)(H,49,54,56). The van der Waals surface area contributed by atoms with Crippen LogP contribution in [0.1, 0.15) is 58.6 Å². The first kappa shape index (κ1) is 44.9. The van der Waals surface area contributed by atoms with Gasteiger partial charge in [0.25, 0.3) is 11.8 Å². The Morgan fingerprint density at radius 1 is 1.05 bits per heavy atom. The van der Waals surface area contributed by atoms with Crippen molar-refractivity contribution in [2.75, 3.05) is 60.3 Å². The third-order valence-corrected chi connectivity index (χ3v) is 11.1. The van der Waals surface area contributed by atoms with Crippen LogP contribution in [0.3, 0.4) is 0 Å². The highest BCUT2D eigenvalue weighted by Crippen LogP contribution is 2.39. The summed E-state index contributed by atoms with van der Waals surface area (Å²) in [6.07, 6.45) is 0.635. The third-order valence-electron chi connectivity index (χ3n) is 10.6. The third kappa shape index (κ3) is 10.9. The van der Waals surface area contributed by atoms with Crippen LogP contribution in [0, 0.1) is 11.3 Å². The van der Waals surface area contributed by atoms with E-state index in [-0.39, 0.29) is 77.0 Å². The van der Waals surface area contributed by atoms with Crippen LogP contribution in [0.25, 0.3) is 0 Å². The summed E-state index contributed by atoms with van der Waals surface area (Å²) in [6.45, 7) is 10.1. The number of benzene rings is 3. The lowest BCUT2D eigenvalue weighted by Crippen LogP contribution is -2.58. The smallest absolute Gasteiger partial charge is 0.274 e. The van der Waals surface area contributed by atoms with E-state index in [0.717, 1.165) is 6.92 Å². The summed E-state index contributed by atoms with van der Waals surface area (Å²) in [5.74, 6) is -4.55. The Hall–Kier alpha value is -5.21. The van der Waals surface area contributed by atoms with Crippen molar-refractivity contribution in [1.82, 2.24) is 15.1 Å². The predicted molar refractivity (Wildman–Crippen MR) is 228 cm³/mol.